The topological polar surface area (TPSA) is 41.0 Å². The Labute approximate surface area is 111 Å². The van der Waals surface area contributed by atoms with Gasteiger partial charge in [-0.1, -0.05) is 27.7 Å². The molecule has 0 radical (unpaired) electrons. The number of anilines is 2. The van der Waals surface area contributed by atoms with E-state index in [1.165, 1.54) is 0 Å². The van der Waals surface area contributed by atoms with E-state index in [-0.39, 0.29) is 5.41 Å². The fraction of sp³-hybridized carbons (Fsp3) is 0.714. The Hall–Kier alpha value is -1.32. The molecule has 0 saturated heterocycles. The number of hydrogen-bond acceptors (Lipinski definition) is 4. The van der Waals surface area contributed by atoms with Crippen LogP contribution in [-0.4, -0.2) is 29.6 Å². The van der Waals surface area contributed by atoms with Crippen molar-refractivity contribution in [3.8, 4) is 0 Å². The van der Waals surface area contributed by atoms with Gasteiger partial charge in [0.15, 0.2) is 0 Å². The van der Waals surface area contributed by atoms with Gasteiger partial charge in [-0.25, -0.2) is 9.97 Å². The molecule has 4 heteroatoms. The van der Waals surface area contributed by atoms with Crippen LogP contribution in [0.2, 0.25) is 0 Å². The lowest BCUT2D eigenvalue weighted by atomic mass is 9.87. The van der Waals surface area contributed by atoms with E-state index in [1.807, 2.05) is 6.07 Å². The van der Waals surface area contributed by atoms with Gasteiger partial charge in [-0.2, -0.15) is 0 Å². The minimum absolute atomic E-state index is 0.219. The van der Waals surface area contributed by atoms with Gasteiger partial charge in [0.05, 0.1) is 0 Å². The van der Waals surface area contributed by atoms with Crippen LogP contribution in [-0.2, 0) is 0 Å². The summed E-state index contributed by atoms with van der Waals surface area (Å²) in [7, 11) is 2.09. The lowest BCUT2D eigenvalue weighted by Gasteiger charge is -2.36. The largest absolute Gasteiger partial charge is 0.370 e. The standard InChI is InChI=1S/C14H26N4/c1-7-8-15-12-9-13(17-10-16-12)18(6)11(2)14(3,4)5/h9-11H,7-8H2,1-6H3,(H,15,16,17). The molecule has 0 bridgehead atoms. The molecule has 0 aromatic carbocycles. The number of hydrogen-bond donors (Lipinski definition) is 1. The zero-order valence-corrected chi connectivity index (χ0v) is 12.5. The average Bonchev–Trinajstić information content (AvgIpc) is 2.33. The van der Waals surface area contributed by atoms with E-state index in [1.54, 1.807) is 6.33 Å². The molecule has 0 amide bonds. The Bertz CT molecular complexity index is 370. The maximum absolute atomic E-state index is 4.36. The molecule has 4 nitrogen and oxygen atoms in total. The molecule has 1 rings (SSSR count). The number of nitrogens with zero attached hydrogens (tertiary/aromatic N) is 3. The molecule has 102 valence electrons. The maximum Gasteiger partial charge on any atom is 0.134 e. The first kappa shape index (κ1) is 14.7. The summed E-state index contributed by atoms with van der Waals surface area (Å²) in [5.74, 6) is 1.86. The molecule has 0 aliphatic heterocycles. The van der Waals surface area contributed by atoms with Crippen LogP contribution in [0.4, 0.5) is 11.6 Å². The van der Waals surface area contributed by atoms with E-state index < -0.39 is 0 Å². The monoisotopic (exact) mass is 250 g/mol. The van der Waals surface area contributed by atoms with Crippen molar-refractivity contribution in [1.29, 1.82) is 0 Å². The summed E-state index contributed by atoms with van der Waals surface area (Å²) in [6.07, 6.45) is 2.72. The highest BCUT2D eigenvalue weighted by Crippen LogP contribution is 2.26. The molecular formula is C14H26N4. The third-order valence-corrected chi connectivity index (χ3v) is 3.40. The fourth-order valence-corrected chi connectivity index (χ4v) is 1.67. The third kappa shape index (κ3) is 3.86. The van der Waals surface area contributed by atoms with Crippen molar-refractivity contribution in [3.63, 3.8) is 0 Å². The molecule has 1 heterocycles. The lowest BCUT2D eigenvalue weighted by Crippen LogP contribution is -2.39. The van der Waals surface area contributed by atoms with Crippen LogP contribution in [0.15, 0.2) is 12.4 Å². The van der Waals surface area contributed by atoms with Crippen LogP contribution >= 0.6 is 0 Å². The highest BCUT2D eigenvalue weighted by molar-refractivity contribution is 5.48. The molecule has 0 fully saturated rings. The second-order valence-corrected chi connectivity index (χ2v) is 5.84. The van der Waals surface area contributed by atoms with Gasteiger partial charge in [-0.3, -0.25) is 0 Å². The van der Waals surface area contributed by atoms with Gasteiger partial charge in [-0.15, -0.1) is 0 Å². The molecule has 1 unspecified atom stereocenters. The molecule has 1 N–H and O–H groups in total. The number of rotatable bonds is 5. The van der Waals surface area contributed by atoms with Crippen molar-refractivity contribution in [2.45, 2.75) is 47.1 Å². The van der Waals surface area contributed by atoms with E-state index >= 15 is 0 Å². The SMILES string of the molecule is CCCNc1cc(N(C)C(C)C(C)(C)C)ncn1. The van der Waals surface area contributed by atoms with E-state index in [0.29, 0.717) is 6.04 Å². The summed E-state index contributed by atoms with van der Waals surface area (Å²) in [5, 5.41) is 3.29. The van der Waals surface area contributed by atoms with Gasteiger partial charge in [-0.05, 0) is 18.8 Å². The van der Waals surface area contributed by atoms with E-state index in [4.69, 9.17) is 0 Å². The van der Waals surface area contributed by atoms with Crippen LogP contribution < -0.4 is 10.2 Å². The predicted molar refractivity (Wildman–Crippen MR) is 78.1 cm³/mol. The Balaban J connectivity index is 2.82. The van der Waals surface area contributed by atoms with Crippen molar-refractivity contribution in [2.24, 2.45) is 5.41 Å². The predicted octanol–water partition coefficient (Wildman–Crippen LogP) is 3.17. The van der Waals surface area contributed by atoms with Gasteiger partial charge in [0, 0.05) is 25.7 Å². The van der Waals surface area contributed by atoms with Crippen LogP contribution in [0.25, 0.3) is 0 Å². The lowest BCUT2D eigenvalue weighted by molar-refractivity contribution is 0.328. The summed E-state index contributed by atoms with van der Waals surface area (Å²) in [6, 6.07) is 2.42. The summed E-state index contributed by atoms with van der Waals surface area (Å²) in [4.78, 5) is 10.8. The first-order valence-electron chi connectivity index (χ1n) is 6.65. The van der Waals surface area contributed by atoms with Gasteiger partial charge < -0.3 is 10.2 Å². The minimum Gasteiger partial charge on any atom is -0.370 e. The summed E-state index contributed by atoms with van der Waals surface area (Å²) < 4.78 is 0. The zero-order chi connectivity index (χ0) is 13.8. The number of nitrogens with one attached hydrogen (secondary N) is 1. The smallest absolute Gasteiger partial charge is 0.134 e. The van der Waals surface area contributed by atoms with Gasteiger partial charge in [0.25, 0.3) is 0 Å². The highest BCUT2D eigenvalue weighted by Gasteiger charge is 2.24. The molecule has 0 aliphatic carbocycles. The molecule has 0 aliphatic rings. The van der Waals surface area contributed by atoms with Gasteiger partial charge >= 0.3 is 0 Å². The fourth-order valence-electron chi connectivity index (χ4n) is 1.67. The first-order valence-corrected chi connectivity index (χ1v) is 6.65. The Morgan fingerprint density at radius 3 is 2.56 bits per heavy atom. The second kappa shape index (κ2) is 6.03. The van der Waals surface area contributed by atoms with E-state index in [0.717, 1.165) is 24.6 Å². The highest BCUT2D eigenvalue weighted by atomic mass is 15.2. The van der Waals surface area contributed by atoms with Gasteiger partial charge in [0.2, 0.25) is 0 Å². The second-order valence-electron chi connectivity index (χ2n) is 5.84. The van der Waals surface area contributed by atoms with Crippen LogP contribution in [0.3, 0.4) is 0 Å². The third-order valence-electron chi connectivity index (χ3n) is 3.40. The Kier molecular flexibility index (Phi) is 4.93. The maximum atomic E-state index is 4.36. The molecule has 0 saturated carbocycles. The van der Waals surface area contributed by atoms with E-state index in [2.05, 4.69) is 61.9 Å². The summed E-state index contributed by atoms with van der Waals surface area (Å²) in [5.41, 5.74) is 0.219. The number of aromatic nitrogens is 2. The first-order chi connectivity index (χ1) is 8.36. The molecule has 18 heavy (non-hydrogen) atoms. The van der Waals surface area contributed by atoms with Crippen LogP contribution in [0.1, 0.15) is 41.0 Å². The summed E-state index contributed by atoms with van der Waals surface area (Å²) >= 11 is 0. The molecule has 0 spiro atoms. The Morgan fingerprint density at radius 2 is 2.00 bits per heavy atom. The molecule has 1 aromatic rings. The van der Waals surface area contributed by atoms with Crippen LogP contribution in [0, 0.1) is 5.41 Å². The van der Waals surface area contributed by atoms with Crippen molar-refractivity contribution in [2.75, 3.05) is 23.8 Å². The van der Waals surface area contributed by atoms with Crippen molar-refractivity contribution in [3.05, 3.63) is 12.4 Å². The summed E-state index contributed by atoms with van der Waals surface area (Å²) in [6.45, 7) is 12.0. The van der Waals surface area contributed by atoms with Crippen molar-refractivity contribution >= 4 is 11.6 Å². The zero-order valence-electron chi connectivity index (χ0n) is 12.5. The van der Waals surface area contributed by atoms with Crippen molar-refractivity contribution in [1.82, 2.24) is 9.97 Å². The average molecular weight is 250 g/mol. The Morgan fingerprint density at radius 1 is 1.33 bits per heavy atom. The minimum atomic E-state index is 0.219. The van der Waals surface area contributed by atoms with Gasteiger partial charge in [0.1, 0.15) is 18.0 Å². The molecular weight excluding hydrogens is 224 g/mol. The normalized spacial score (nSPS) is 13.2. The van der Waals surface area contributed by atoms with Crippen LogP contribution in [0.5, 0.6) is 0 Å². The molecule has 1 aromatic heterocycles. The quantitative estimate of drug-likeness (QED) is 0.871. The molecule has 1 atom stereocenters. The van der Waals surface area contributed by atoms with Crippen molar-refractivity contribution < 1.29 is 0 Å². The van der Waals surface area contributed by atoms with E-state index in [9.17, 15) is 0 Å².